The molecular formula is C25H33ClN2O4. The normalized spacial score (nSPS) is 15.5. The van der Waals surface area contributed by atoms with E-state index in [9.17, 15) is 9.59 Å². The predicted octanol–water partition coefficient (Wildman–Crippen LogP) is 5.61. The van der Waals surface area contributed by atoms with Crippen LogP contribution in [0.1, 0.15) is 88.1 Å². The Morgan fingerprint density at radius 2 is 1.97 bits per heavy atom. The average molecular weight is 461 g/mol. The fraction of sp³-hybridized carbons (Fsp3) is 0.560. The zero-order chi connectivity index (χ0) is 23.4. The van der Waals surface area contributed by atoms with Crippen molar-refractivity contribution in [3.8, 4) is 5.75 Å². The van der Waals surface area contributed by atoms with Crippen molar-refractivity contribution in [3.63, 3.8) is 0 Å². The summed E-state index contributed by atoms with van der Waals surface area (Å²) in [4.78, 5) is 33.3. The summed E-state index contributed by atoms with van der Waals surface area (Å²) in [6, 6.07) is 7.87. The zero-order valence-electron chi connectivity index (χ0n) is 19.4. The first-order chi connectivity index (χ1) is 15.1. The lowest BCUT2D eigenvalue weighted by atomic mass is 9.76. The lowest BCUT2D eigenvalue weighted by Gasteiger charge is -2.29. The molecule has 3 rings (SSSR count). The van der Waals surface area contributed by atoms with Gasteiger partial charge in [-0.3, -0.25) is 4.79 Å². The fourth-order valence-electron chi connectivity index (χ4n) is 4.27. The summed E-state index contributed by atoms with van der Waals surface area (Å²) in [7, 11) is 0. The maximum absolute atomic E-state index is 12.9. The van der Waals surface area contributed by atoms with E-state index in [2.05, 4.69) is 16.0 Å². The Morgan fingerprint density at radius 3 is 2.59 bits per heavy atom. The van der Waals surface area contributed by atoms with E-state index in [1.807, 2.05) is 25.1 Å². The van der Waals surface area contributed by atoms with Crippen LogP contribution in [0.3, 0.4) is 0 Å². The van der Waals surface area contributed by atoms with Crippen molar-refractivity contribution in [3.05, 3.63) is 56.7 Å². The quantitative estimate of drug-likeness (QED) is 0.409. The summed E-state index contributed by atoms with van der Waals surface area (Å²) in [5.41, 5.74) is -0.278. The van der Waals surface area contributed by atoms with E-state index in [0.29, 0.717) is 23.9 Å². The van der Waals surface area contributed by atoms with Gasteiger partial charge in [0.15, 0.2) is 5.69 Å². The molecule has 1 heterocycles. The molecule has 0 amide bonds. The molecule has 1 aromatic heterocycles. The second-order valence-corrected chi connectivity index (χ2v) is 10.0. The van der Waals surface area contributed by atoms with E-state index >= 15 is 0 Å². The van der Waals surface area contributed by atoms with E-state index in [0.717, 1.165) is 44.1 Å². The first kappa shape index (κ1) is 24.3. The van der Waals surface area contributed by atoms with E-state index in [4.69, 9.17) is 21.1 Å². The molecule has 7 heteroatoms. The molecule has 2 aromatic rings. The SMILES string of the molecule is CCCCOc1c(C(=O)OC(C)(C)C)nc(CC2(c3cccc(Cl)c3)CCCC2)[nH]c1=O. The molecular weight excluding hydrogens is 428 g/mol. The molecule has 6 nitrogen and oxygen atoms in total. The van der Waals surface area contributed by atoms with Crippen molar-refractivity contribution in [1.82, 2.24) is 9.97 Å². The molecule has 1 aliphatic rings. The number of hydrogen-bond donors (Lipinski definition) is 1. The van der Waals surface area contributed by atoms with E-state index in [1.54, 1.807) is 20.8 Å². The topological polar surface area (TPSA) is 81.3 Å². The number of aromatic amines is 1. The first-order valence-corrected chi connectivity index (χ1v) is 11.8. The average Bonchev–Trinajstić information content (AvgIpc) is 3.18. The molecule has 1 saturated carbocycles. The highest BCUT2D eigenvalue weighted by Crippen LogP contribution is 2.43. The molecule has 0 aliphatic heterocycles. The van der Waals surface area contributed by atoms with Crippen molar-refractivity contribution in [1.29, 1.82) is 0 Å². The number of carbonyl (C=O) groups is 1. The summed E-state index contributed by atoms with van der Waals surface area (Å²) < 4.78 is 11.2. The molecule has 0 atom stereocenters. The number of halogens is 1. The first-order valence-electron chi connectivity index (χ1n) is 11.4. The van der Waals surface area contributed by atoms with Crippen LogP contribution in [-0.4, -0.2) is 28.1 Å². The van der Waals surface area contributed by atoms with E-state index in [-0.39, 0.29) is 16.9 Å². The van der Waals surface area contributed by atoms with Crippen LogP contribution in [0.2, 0.25) is 5.02 Å². The molecule has 0 radical (unpaired) electrons. The van der Waals surface area contributed by atoms with Crippen LogP contribution in [0, 0.1) is 0 Å². The molecule has 1 aromatic carbocycles. The third-order valence-corrected chi connectivity index (χ3v) is 6.00. The number of esters is 1. The molecule has 0 spiro atoms. The summed E-state index contributed by atoms with van der Waals surface area (Å²) in [5.74, 6) is -0.264. The van der Waals surface area contributed by atoms with Crippen LogP contribution in [0.4, 0.5) is 0 Å². The van der Waals surface area contributed by atoms with Gasteiger partial charge in [-0.2, -0.15) is 0 Å². The maximum Gasteiger partial charge on any atom is 0.361 e. The largest absolute Gasteiger partial charge is 0.486 e. The number of unbranched alkanes of at least 4 members (excludes halogenated alkanes) is 1. The molecule has 0 unspecified atom stereocenters. The van der Waals surface area contributed by atoms with Crippen molar-refractivity contribution in [2.75, 3.05) is 6.61 Å². The van der Waals surface area contributed by atoms with Gasteiger partial charge in [0.2, 0.25) is 5.75 Å². The van der Waals surface area contributed by atoms with Gasteiger partial charge in [-0.05, 0) is 57.7 Å². The van der Waals surface area contributed by atoms with Gasteiger partial charge < -0.3 is 14.5 Å². The van der Waals surface area contributed by atoms with Crippen LogP contribution in [0.25, 0.3) is 0 Å². The molecule has 0 saturated heterocycles. The number of hydrogen-bond acceptors (Lipinski definition) is 5. The second-order valence-electron chi connectivity index (χ2n) is 9.57. The minimum Gasteiger partial charge on any atom is -0.486 e. The summed E-state index contributed by atoms with van der Waals surface area (Å²) in [6.45, 7) is 7.71. The highest BCUT2D eigenvalue weighted by molar-refractivity contribution is 6.30. The van der Waals surface area contributed by atoms with Gasteiger partial charge >= 0.3 is 5.97 Å². The Morgan fingerprint density at radius 1 is 1.25 bits per heavy atom. The Balaban J connectivity index is 2.00. The van der Waals surface area contributed by atoms with Gasteiger partial charge in [0.05, 0.1) is 6.61 Å². The van der Waals surface area contributed by atoms with E-state index in [1.165, 1.54) is 0 Å². The van der Waals surface area contributed by atoms with Gasteiger partial charge in [0.1, 0.15) is 11.4 Å². The summed E-state index contributed by atoms with van der Waals surface area (Å²) in [5, 5.41) is 0.685. The zero-order valence-corrected chi connectivity index (χ0v) is 20.2. The molecule has 0 bridgehead atoms. The Kier molecular flexibility index (Phi) is 7.65. The van der Waals surface area contributed by atoms with Gasteiger partial charge in [-0.25, -0.2) is 9.78 Å². The Bertz CT molecular complexity index is 1000. The lowest BCUT2D eigenvalue weighted by Crippen LogP contribution is -2.31. The number of H-pyrrole nitrogens is 1. The molecule has 1 fully saturated rings. The van der Waals surface area contributed by atoms with Crippen LogP contribution < -0.4 is 10.3 Å². The standard InChI is InChI=1S/C25H33ClN2O4/c1-5-6-14-31-21-20(23(30)32-24(2,3)4)27-19(28-22(21)29)16-25(12-7-8-13-25)17-10-9-11-18(26)15-17/h9-11,15H,5-8,12-14,16H2,1-4H3,(H,27,28,29). The minimum absolute atomic E-state index is 0.0611. The van der Waals surface area contributed by atoms with Gasteiger partial charge in [-0.15, -0.1) is 0 Å². The number of rotatable bonds is 8. The highest BCUT2D eigenvalue weighted by Gasteiger charge is 2.37. The van der Waals surface area contributed by atoms with Crippen LogP contribution >= 0.6 is 11.6 Å². The monoisotopic (exact) mass is 460 g/mol. The van der Waals surface area contributed by atoms with Gasteiger partial charge in [-0.1, -0.05) is 49.9 Å². The molecule has 174 valence electrons. The summed E-state index contributed by atoms with van der Waals surface area (Å²) in [6.07, 6.45) is 6.30. The van der Waals surface area contributed by atoms with Crippen LogP contribution in [-0.2, 0) is 16.6 Å². The molecule has 32 heavy (non-hydrogen) atoms. The number of nitrogens with zero attached hydrogens (tertiary/aromatic N) is 1. The second kappa shape index (κ2) is 10.1. The minimum atomic E-state index is -0.713. The Labute approximate surface area is 194 Å². The van der Waals surface area contributed by atoms with Crippen molar-refractivity contribution in [2.24, 2.45) is 0 Å². The van der Waals surface area contributed by atoms with Gasteiger partial charge in [0.25, 0.3) is 5.56 Å². The lowest BCUT2D eigenvalue weighted by molar-refractivity contribution is 0.00575. The number of nitrogens with one attached hydrogen (secondary N) is 1. The molecule has 1 aliphatic carbocycles. The van der Waals surface area contributed by atoms with Gasteiger partial charge in [0, 0.05) is 16.9 Å². The van der Waals surface area contributed by atoms with Crippen molar-refractivity contribution in [2.45, 2.75) is 83.7 Å². The number of aromatic nitrogens is 2. The summed E-state index contributed by atoms with van der Waals surface area (Å²) >= 11 is 6.27. The maximum atomic E-state index is 12.9. The number of ether oxygens (including phenoxy) is 2. The fourth-order valence-corrected chi connectivity index (χ4v) is 4.46. The third-order valence-electron chi connectivity index (χ3n) is 5.77. The van der Waals surface area contributed by atoms with Crippen LogP contribution in [0.15, 0.2) is 29.1 Å². The van der Waals surface area contributed by atoms with Crippen molar-refractivity contribution < 1.29 is 14.3 Å². The predicted molar refractivity (Wildman–Crippen MR) is 126 cm³/mol. The smallest absolute Gasteiger partial charge is 0.361 e. The van der Waals surface area contributed by atoms with Crippen molar-refractivity contribution >= 4 is 17.6 Å². The van der Waals surface area contributed by atoms with Crippen LogP contribution in [0.5, 0.6) is 5.75 Å². The number of benzene rings is 1. The third kappa shape index (κ3) is 5.91. The highest BCUT2D eigenvalue weighted by atomic mass is 35.5. The number of carbonyl (C=O) groups excluding carboxylic acids is 1. The molecule has 1 N–H and O–H groups in total. The Hall–Kier alpha value is -2.34. The van der Waals surface area contributed by atoms with E-state index < -0.39 is 17.1 Å².